The highest BCUT2D eigenvalue weighted by molar-refractivity contribution is 5.80. The molecule has 96 valence electrons. The number of aryl methyl sites for hydroxylation is 1. The molecule has 0 amide bonds. The van der Waals surface area contributed by atoms with E-state index in [-0.39, 0.29) is 0 Å². The highest BCUT2D eigenvalue weighted by Crippen LogP contribution is 2.38. The molecule has 2 aromatic carbocycles. The fourth-order valence-corrected chi connectivity index (χ4v) is 2.92. The van der Waals surface area contributed by atoms with Crippen LogP contribution < -0.4 is 0 Å². The quantitative estimate of drug-likeness (QED) is 0.484. The van der Waals surface area contributed by atoms with Crippen molar-refractivity contribution in [3.63, 3.8) is 0 Å². The molecule has 0 fully saturated rings. The highest BCUT2D eigenvalue weighted by Gasteiger charge is 2.18. The number of hydrogen-bond donors (Lipinski definition) is 0. The minimum Gasteiger partial charge on any atom is -0.256 e. The van der Waals surface area contributed by atoms with Crippen LogP contribution in [0.1, 0.15) is 16.7 Å². The van der Waals surface area contributed by atoms with Crippen molar-refractivity contribution in [2.24, 2.45) is 0 Å². The molecule has 4 rings (SSSR count). The van der Waals surface area contributed by atoms with Gasteiger partial charge in [0, 0.05) is 11.8 Å². The molecular weight excluding hydrogens is 242 g/mol. The smallest absolute Gasteiger partial charge is 0.0702 e. The average molecular weight is 257 g/mol. The van der Waals surface area contributed by atoms with E-state index in [2.05, 4.69) is 66.5 Å². The van der Waals surface area contributed by atoms with Crippen LogP contribution in [0.5, 0.6) is 0 Å². The van der Waals surface area contributed by atoms with E-state index >= 15 is 0 Å². The first-order valence-electron chi connectivity index (χ1n) is 6.95. The summed E-state index contributed by atoms with van der Waals surface area (Å²) in [7, 11) is 0. The number of benzene rings is 2. The van der Waals surface area contributed by atoms with E-state index in [4.69, 9.17) is 0 Å². The summed E-state index contributed by atoms with van der Waals surface area (Å²) in [5.74, 6) is 0. The second-order valence-electron chi connectivity index (χ2n) is 5.43. The third kappa shape index (κ3) is 1.75. The SMILES string of the molecule is Cc1ccc(-c2ccc3c(c2)-c2ccccc2C3)nc1. The number of aromatic nitrogens is 1. The summed E-state index contributed by atoms with van der Waals surface area (Å²) >= 11 is 0. The molecule has 1 heteroatoms. The summed E-state index contributed by atoms with van der Waals surface area (Å²) in [6, 6.07) is 19.6. The second-order valence-corrected chi connectivity index (χ2v) is 5.43. The number of hydrogen-bond acceptors (Lipinski definition) is 1. The van der Waals surface area contributed by atoms with Crippen LogP contribution in [0, 0.1) is 6.92 Å². The normalized spacial score (nSPS) is 12.1. The van der Waals surface area contributed by atoms with Crippen LogP contribution in [0.3, 0.4) is 0 Å². The maximum Gasteiger partial charge on any atom is 0.0702 e. The molecule has 0 radical (unpaired) electrons. The molecule has 0 saturated heterocycles. The van der Waals surface area contributed by atoms with Crippen molar-refractivity contribution in [3.05, 3.63) is 77.5 Å². The Morgan fingerprint density at radius 3 is 2.55 bits per heavy atom. The van der Waals surface area contributed by atoms with Crippen LogP contribution in [0.4, 0.5) is 0 Å². The van der Waals surface area contributed by atoms with E-state index in [9.17, 15) is 0 Å². The van der Waals surface area contributed by atoms with Crippen molar-refractivity contribution in [1.29, 1.82) is 0 Å². The fourth-order valence-electron chi connectivity index (χ4n) is 2.92. The van der Waals surface area contributed by atoms with Gasteiger partial charge in [0.15, 0.2) is 0 Å². The molecular formula is C19H15N. The number of rotatable bonds is 1. The van der Waals surface area contributed by atoms with Gasteiger partial charge < -0.3 is 0 Å². The van der Waals surface area contributed by atoms with Gasteiger partial charge in [0.2, 0.25) is 0 Å². The molecule has 1 nitrogen and oxygen atoms in total. The topological polar surface area (TPSA) is 12.9 Å². The summed E-state index contributed by atoms with van der Waals surface area (Å²) < 4.78 is 0. The largest absolute Gasteiger partial charge is 0.256 e. The zero-order valence-corrected chi connectivity index (χ0v) is 11.4. The Balaban J connectivity index is 1.85. The third-order valence-electron chi connectivity index (χ3n) is 4.01. The lowest BCUT2D eigenvalue weighted by atomic mass is 10.0. The van der Waals surface area contributed by atoms with Gasteiger partial charge in [-0.15, -0.1) is 0 Å². The van der Waals surface area contributed by atoms with E-state index in [0.29, 0.717) is 0 Å². The van der Waals surface area contributed by atoms with Crippen LogP contribution in [-0.2, 0) is 6.42 Å². The summed E-state index contributed by atoms with van der Waals surface area (Å²) in [6.07, 6.45) is 2.98. The number of nitrogens with zero attached hydrogens (tertiary/aromatic N) is 1. The van der Waals surface area contributed by atoms with Crippen LogP contribution in [0.2, 0.25) is 0 Å². The van der Waals surface area contributed by atoms with E-state index in [1.54, 1.807) is 0 Å². The fraction of sp³-hybridized carbons (Fsp3) is 0.105. The van der Waals surface area contributed by atoms with Gasteiger partial charge in [-0.05, 0) is 53.3 Å². The molecule has 0 saturated carbocycles. The highest BCUT2D eigenvalue weighted by atomic mass is 14.7. The molecule has 0 N–H and O–H groups in total. The van der Waals surface area contributed by atoms with Gasteiger partial charge in [-0.25, -0.2) is 0 Å². The minimum absolute atomic E-state index is 1.04. The van der Waals surface area contributed by atoms with Crippen molar-refractivity contribution in [1.82, 2.24) is 4.98 Å². The summed E-state index contributed by atoms with van der Waals surface area (Å²) in [5.41, 5.74) is 9.01. The van der Waals surface area contributed by atoms with Gasteiger partial charge in [-0.1, -0.05) is 42.5 Å². The first-order valence-corrected chi connectivity index (χ1v) is 6.95. The van der Waals surface area contributed by atoms with Crippen LogP contribution in [0.25, 0.3) is 22.4 Å². The Morgan fingerprint density at radius 2 is 1.70 bits per heavy atom. The molecule has 1 aromatic heterocycles. The van der Waals surface area contributed by atoms with E-state index in [0.717, 1.165) is 12.1 Å². The minimum atomic E-state index is 1.04. The number of fused-ring (bicyclic) bond motifs is 3. The van der Waals surface area contributed by atoms with Gasteiger partial charge in [0.05, 0.1) is 5.69 Å². The molecule has 20 heavy (non-hydrogen) atoms. The predicted octanol–water partition coefficient (Wildman–Crippen LogP) is 4.63. The maximum absolute atomic E-state index is 4.53. The summed E-state index contributed by atoms with van der Waals surface area (Å²) in [4.78, 5) is 4.53. The molecule has 0 atom stereocenters. The van der Waals surface area contributed by atoms with Crippen molar-refractivity contribution < 1.29 is 0 Å². The first kappa shape index (κ1) is 11.4. The molecule has 3 aromatic rings. The zero-order valence-electron chi connectivity index (χ0n) is 11.4. The van der Waals surface area contributed by atoms with Gasteiger partial charge in [0.25, 0.3) is 0 Å². The van der Waals surface area contributed by atoms with E-state index in [1.807, 2.05) is 6.20 Å². The molecule has 0 unspecified atom stereocenters. The Bertz CT molecular complexity index is 785. The van der Waals surface area contributed by atoms with E-state index < -0.39 is 0 Å². The molecule has 0 bridgehead atoms. The number of pyridine rings is 1. The molecule has 0 spiro atoms. The predicted molar refractivity (Wildman–Crippen MR) is 82.7 cm³/mol. The monoisotopic (exact) mass is 257 g/mol. The Labute approximate surface area is 118 Å². The van der Waals surface area contributed by atoms with Crippen LogP contribution in [-0.4, -0.2) is 4.98 Å². The lowest BCUT2D eigenvalue weighted by Crippen LogP contribution is -1.86. The van der Waals surface area contributed by atoms with Crippen LogP contribution in [0.15, 0.2) is 60.8 Å². The summed E-state index contributed by atoms with van der Waals surface area (Å²) in [5, 5.41) is 0. The molecule has 1 heterocycles. The maximum atomic E-state index is 4.53. The van der Waals surface area contributed by atoms with Crippen LogP contribution >= 0.6 is 0 Å². The van der Waals surface area contributed by atoms with Crippen molar-refractivity contribution in [2.45, 2.75) is 13.3 Å². The standard InChI is InChI=1S/C19H15N/c1-13-6-9-19(20-12-13)16-8-7-15-10-14-4-2-3-5-17(14)18(15)11-16/h2-9,11-12H,10H2,1H3. The van der Waals surface area contributed by atoms with Gasteiger partial charge in [-0.2, -0.15) is 0 Å². The summed E-state index contributed by atoms with van der Waals surface area (Å²) in [6.45, 7) is 2.07. The molecule has 0 aliphatic heterocycles. The Morgan fingerprint density at radius 1 is 0.850 bits per heavy atom. The zero-order chi connectivity index (χ0) is 13.5. The van der Waals surface area contributed by atoms with E-state index in [1.165, 1.54) is 33.4 Å². The molecule has 1 aliphatic rings. The van der Waals surface area contributed by atoms with Gasteiger partial charge >= 0.3 is 0 Å². The third-order valence-corrected chi connectivity index (χ3v) is 4.01. The Hall–Kier alpha value is -2.41. The van der Waals surface area contributed by atoms with Crippen molar-refractivity contribution >= 4 is 0 Å². The van der Waals surface area contributed by atoms with Crippen molar-refractivity contribution in [3.8, 4) is 22.4 Å². The lowest BCUT2D eigenvalue weighted by Gasteiger charge is -2.06. The lowest BCUT2D eigenvalue weighted by molar-refractivity contribution is 1.25. The van der Waals surface area contributed by atoms with Gasteiger partial charge in [0.1, 0.15) is 0 Å². The average Bonchev–Trinajstić information content (AvgIpc) is 2.86. The first-order chi connectivity index (χ1) is 9.81. The van der Waals surface area contributed by atoms with Gasteiger partial charge in [-0.3, -0.25) is 4.98 Å². The molecule has 1 aliphatic carbocycles. The van der Waals surface area contributed by atoms with Crippen molar-refractivity contribution in [2.75, 3.05) is 0 Å². The second kappa shape index (κ2) is 4.31. The Kier molecular flexibility index (Phi) is 2.46.